The number of aromatic nitrogens is 1. The van der Waals surface area contributed by atoms with Crippen molar-refractivity contribution in [2.75, 3.05) is 19.7 Å². The predicted molar refractivity (Wildman–Crippen MR) is 118 cm³/mol. The molecule has 2 N–H and O–H groups in total. The number of aromatic amines is 1. The van der Waals surface area contributed by atoms with Crippen LogP contribution in [0.4, 0.5) is 0 Å². The summed E-state index contributed by atoms with van der Waals surface area (Å²) in [5.74, 6) is 0.678. The van der Waals surface area contributed by atoms with Gasteiger partial charge in [0.1, 0.15) is 11.4 Å². The van der Waals surface area contributed by atoms with Crippen molar-refractivity contribution in [1.29, 1.82) is 0 Å². The monoisotopic (exact) mass is 411 g/mol. The molecule has 0 radical (unpaired) electrons. The summed E-state index contributed by atoms with van der Waals surface area (Å²) < 4.78 is 5.68. The Labute approximate surface area is 179 Å². The van der Waals surface area contributed by atoms with Crippen LogP contribution in [-0.2, 0) is 11.3 Å². The summed E-state index contributed by atoms with van der Waals surface area (Å²) in [5.41, 5.74) is 3.59. The van der Waals surface area contributed by atoms with Gasteiger partial charge in [0.05, 0.1) is 12.5 Å². The van der Waals surface area contributed by atoms with Gasteiger partial charge in [0.2, 0.25) is 5.91 Å². The third-order valence-electron chi connectivity index (χ3n) is 5.60. The smallest absolute Gasteiger partial charge is 0.270 e. The van der Waals surface area contributed by atoms with Gasteiger partial charge in [0.15, 0.2) is 0 Å². The van der Waals surface area contributed by atoms with Crippen LogP contribution in [0.1, 0.15) is 59.9 Å². The molecule has 1 aromatic heterocycles. The number of carbonyl (C=O) groups excluding carboxylic acids is 2. The van der Waals surface area contributed by atoms with Crippen LogP contribution in [0.25, 0.3) is 0 Å². The number of benzene rings is 1. The largest absolute Gasteiger partial charge is 0.494 e. The van der Waals surface area contributed by atoms with E-state index in [1.54, 1.807) is 4.90 Å². The van der Waals surface area contributed by atoms with E-state index in [-0.39, 0.29) is 17.7 Å². The summed E-state index contributed by atoms with van der Waals surface area (Å²) in [7, 11) is 0. The summed E-state index contributed by atoms with van der Waals surface area (Å²) in [6.45, 7) is 8.38. The molecule has 1 aromatic carbocycles. The van der Waals surface area contributed by atoms with E-state index in [1.807, 2.05) is 44.2 Å². The number of nitrogens with one attached hydrogen (secondary N) is 2. The van der Waals surface area contributed by atoms with Gasteiger partial charge in [0, 0.05) is 25.3 Å². The normalized spacial score (nSPS) is 16.4. The van der Waals surface area contributed by atoms with Gasteiger partial charge in [-0.15, -0.1) is 0 Å². The fourth-order valence-corrected chi connectivity index (χ4v) is 3.86. The Kier molecular flexibility index (Phi) is 7.55. The molecule has 0 saturated carbocycles. The van der Waals surface area contributed by atoms with E-state index >= 15 is 0 Å². The van der Waals surface area contributed by atoms with Crippen LogP contribution in [0.3, 0.4) is 0 Å². The molecule has 30 heavy (non-hydrogen) atoms. The molecule has 1 fully saturated rings. The molecule has 6 heteroatoms. The maximum atomic E-state index is 12.9. The van der Waals surface area contributed by atoms with Crippen LogP contribution >= 0.6 is 0 Å². The summed E-state index contributed by atoms with van der Waals surface area (Å²) in [5, 5.41) is 3.03. The van der Waals surface area contributed by atoms with E-state index < -0.39 is 0 Å². The summed E-state index contributed by atoms with van der Waals surface area (Å²) in [6.07, 6.45) is 3.80. The topological polar surface area (TPSA) is 74.4 Å². The van der Waals surface area contributed by atoms with Crippen molar-refractivity contribution in [2.45, 2.75) is 53.0 Å². The SMILES string of the molecule is CCCCOc1ccc(CNC(=O)[C@@H]2CCCN(C(=O)c3[nH]c(C)cc3C)C2)cc1. The van der Waals surface area contributed by atoms with Gasteiger partial charge in [0.25, 0.3) is 5.91 Å². The zero-order chi connectivity index (χ0) is 21.5. The highest BCUT2D eigenvalue weighted by atomic mass is 16.5. The summed E-state index contributed by atoms with van der Waals surface area (Å²) >= 11 is 0. The maximum absolute atomic E-state index is 12.9. The van der Waals surface area contributed by atoms with Gasteiger partial charge in [-0.25, -0.2) is 0 Å². The van der Waals surface area contributed by atoms with E-state index in [1.165, 1.54) is 0 Å². The predicted octanol–water partition coefficient (Wildman–Crippen LogP) is 3.98. The Hall–Kier alpha value is -2.76. The van der Waals surface area contributed by atoms with Crippen molar-refractivity contribution < 1.29 is 14.3 Å². The number of aryl methyl sites for hydroxylation is 2. The average molecular weight is 412 g/mol. The second-order valence-electron chi connectivity index (χ2n) is 8.16. The van der Waals surface area contributed by atoms with Gasteiger partial charge in [-0.2, -0.15) is 0 Å². The number of carbonyl (C=O) groups is 2. The number of hydrogen-bond donors (Lipinski definition) is 2. The number of ether oxygens (including phenoxy) is 1. The van der Waals surface area contributed by atoms with Gasteiger partial charge >= 0.3 is 0 Å². The highest BCUT2D eigenvalue weighted by molar-refractivity contribution is 5.94. The Morgan fingerprint density at radius 2 is 2.00 bits per heavy atom. The number of piperidine rings is 1. The van der Waals surface area contributed by atoms with Crippen molar-refractivity contribution in [3.8, 4) is 5.75 Å². The second kappa shape index (κ2) is 10.3. The molecule has 1 atom stereocenters. The quantitative estimate of drug-likeness (QED) is 0.645. The lowest BCUT2D eigenvalue weighted by Crippen LogP contribution is -2.45. The van der Waals surface area contributed by atoms with E-state index in [9.17, 15) is 9.59 Å². The number of amides is 2. The first-order valence-corrected chi connectivity index (χ1v) is 10.9. The zero-order valence-electron chi connectivity index (χ0n) is 18.3. The number of likely N-dealkylation sites (tertiary alicyclic amines) is 1. The molecule has 2 aromatic rings. The number of rotatable bonds is 8. The summed E-state index contributed by atoms with van der Waals surface area (Å²) in [6, 6.07) is 9.82. The number of H-pyrrole nitrogens is 1. The Balaban J connectivity index is 1.50. The number of nitrogens with zero attached hydrogens (tertiary/aromatic N) is 1. The molecule has 0 unspecified atom stereocenters. The first kappa shape index (κ1) is 21.9. The van der Waals surface area contributed by atoms with Crippen LogP contribution < -0.4 is 10.1 Å². The molecule has 1 saturated heterocycles. The lowest BCUT2D eigenvalue weighted by Gasteiger charge is -2.32. The highest BCUT2D eigenvalue weighted by Gasteiger charge is 2.29. The molecule has 0 bridgehead atoms. The van der Waals surface area contributed by atoms with Crippen LogP contribution in [0.15, 0.2) is 30.3 Å². The molecule has 0 spiro atoms. The van der Waals surface area contributed by atoms with Crippen LogP contribution in [-0.4, -0.2) is 41.4 Å². The van der Waals surface area contributed by atoms with E-state index in [4.69, 9.17) is 4.74 Å². The Bertz CT molecular complexity index is 857. The molecule has 162 valence electrons. The van der Waals surface area contributed by atoms with Gasteiger partial charge in [-0.05, 0) is 62.4 Å². The fourth-order valence-electron chi connectivity index (χ4n) is 3.86. The third kappa shape index (κ3) is 5.65. The lowest BCUT2D eigenvalue weighted by atomic mass is 9.96. The highest BCUT2D eigenvalue weighted by Crippen LogP contribution is 2.21. The van der Waals surface area contributed by atoms with Crippen LogP contribution in [0.2, 0.25) is 0 Å². The van der Waals surface area contributed by atoms with Crippen LogP contribution in [0.5, 0.6) is 5.75 Å². The van der Waals surface area contributed by atoms with Gasteiger partial charge in [-0.3, -0.25) is 9.59 Å². The van der Waals surface area contributed by atoms with Crippen molar-refractivity contribution >= 4 is 11.8 Å². The molecule has 2 heterocycles. The van der Waals surface area contributed by atoms with Crippen molar-refractivity contribution in [3.63, 3.8) is 0 Å². The van der Waals surface area contributed by atoms with Gasteiger partial charge in [-0.1, -0.05) is 25.5 Å². The first-order chi connectivity index (χ1) is 14.5. The lowest BCUT2D eigenvalue weighted by molar-refractivity contribution is -0.126. The van der Waals surface area contributed by atoms with Crippen molar-refractivity contribution in [2.24, 2.45) is 5.92 Å². The first-order valence-electron chi connectivity index (χ1n) is 10.9. The number of hydrogen-bond acceptors (Lipinski definition) is 3. The van der Waals surface area contributed by atoms with Crippen molar-refractivity contribution in [1.82, 2.24) is 15.2 Å². The average Bonchev–Trinajstić information content (AvgIpc) is 3.10. The zero-order valence-corrected chi connectivity index (χ0v) is 18.3. The molecule has 1 aliphatic rings. The molecule has 6 nitrogen and oxygen atoms in total. The third-order valence-corrected chi connectivity index (χ3v) is 5.60. The minimum Gasteiger partial charge on any atom is -0.494 e. The van der Waals surface area contributed by atoms with Crippen LogP contribution in [0, 0.1) is 19.8 Å². The minimum atomic E-state index is -0.171. The Morgan fingerprint density at radius 1 is 1.23 bits per heavy atom. The molecule has 3 rings (SSSR count). The van der Waals surface area contributed by atoms with E-state index in [0.29, 0.717) is 25.3 Å². The number of unbranched alkanes of at least 4 members (excludes halogenated alkanes) is 1. The molecule has 1 aliphatic heterocycles. The molecular formula is C24H33N3O3. The van der Waals surface area contributed by atoms with E-state index in [0.717, 1.165) is 54.9 Å². The standard InChI is InChI=1S/C24H33N3O3/c1-4-5-13-30-21-10-8-19(9-11-21)15-25-23(28)20-7-6-12-27(16-20)24(29)22-17(2)14-18(3)26-22/h8-11,14,20,26H,4-7,12-13,15-16H2,1-3H3,(H,25,28)/t20-/m1/s1. The maximum Gasteiger partial charge on any atom is 0.270 e. The molecule has 2 amide bonds. The molecule has 0 aliphatic carbocycles. The Morgan fingerprint density at radius 3 is 2.67 bits per heavy atom. The minimum absolute atomic E-state index is 0.00941. The summed E-state index contributed by atoms with van der Waals surface area (Å²) in [4.78, 5) is 30.5. The second-order valence-corrected chi connectivity index (χ2v) is 8.16. The van der Waals surface area contributed by atoms with E-state index in [2.05, 4.69) is 17.2 Å². The fraction of sp³-hybridized carbons (Fsp3) is 0.500. The van der Waals surface area contributed by atoms with Gasteiger partial charge < -0.3 is 19.9 Å². The van der Waals surface area contributed by atoms with Crippen molar-refractivity contribution in [3.05, 3.63) is 52.8 Å². The molecular weight excluding hydrogens is 378 g/mol.